The van der Waals surface area contributed by atoms with Crippen LogP contribution < -0.4 is 20.1 Å². The van der Waals surface area contributed by atoms with E-state index in [2.05, 4.69) is 39.8 Å². The van der Waals surface area contributed by atoms with Crippen molar-refractivity contribution >= 4 is 35.1 Å². The van der Waals surface area contributed by atoms with Crippen LogP contribution in [0.4, 0.5) is 0 Å². The summed E-state index contributed by atoms with van der Waals surface area (Å²) in [5.41, 5.74) is 10.2. The van der Waals surface area contributed by atoms with Gasteiger partial charge in [-0.1, -0.05) is 71.7 Å². The summed E-state index contributed by atoms with van der Waals surface area (Å²) in [6, 6.07) is 21.2. The summed E-state index contributed by atoms with van der Waals surface area (Å²) in [6.45, 7) is 1.87. The Bertz CT molecular complexity index is 2040. The lowest BCUT2D eigenvalue weighted by Crippen LogP contribution is -2.51. The lowest BCUT2D eigenvalue weighted by Gasteiger charge is -2.41. The molecule has 0 radical (unpaired) electrons. The third kappa shape index (κ3) is 6.16. The van der Waals surface area contributed by atoms with Crippen molar-refractivity contribution in [3.63, 3.8) is 0 Å². The van der Waals surface area contributed by atoms with Crippen LogP contribution in [0.1, 0.15) is 60.0 Å². The van der Waals surface area contributed by atoms with E-state index >= 15 is 0 Å². The number of carbonyl (C=O) groups is 2. The van der Waals surface area contributed by atoms with Crippen LogP contribution in [0.5, 0.6) is 11.5 Å². The van der Waals surface area contributed by atoms with Crippen molar-refractivity contribution in [1.82, 2.24) is 15.5 Å². The number of hydrogen-bond donors (Lipinski definition) is 3. The van der Waals surface area contributed by atoms with Crippen molar-refractivity contribution in [2.24, 2.45) is 5.92 Å². The Balaban J connectivity index is 1.09. The number of amides is 1. The highest BCUT2D eigenvalue weighted by Gasteiger charge is 2.41. The molecule has 4 aliphatic rings. The first kappa shape index (κ1) is 34.0. The van der Waals surface area contributed by atoms with E-state index in [0.717, 1.165) is 89.1 Å². The predicted octanol–water partition coefficient (Wildman–Crippen LogP) is 7.87. The van der Waals surface area contributed by atoms with Crippen LogP contribution in [0.25, 0.3) is 33.4 Å². The number of fused-ring (bicyclic) bond motifs is 2. The van der Waals surface area contributed by atoms with Crippen molar-refractivity contribution in [3.05, 3.63) is 93.0 Å². The molecule has 2 aliphatic carbocycles. The van der Waals surface area contributed by atoms with E-state index in [1.165, 1.54) is 16.7 Å². The van der Waals surface area contributed by atoms with Gasteiger partial charge in [0.1, 0.15) is 11.5 Å². The van der Waals surface area contributed by atoms with Gasteiger partial charge in [0.25, 0.3) is 0 Å². The molecule has 0 spiro atoms. The Kier molecular flexibility index (Phi) is 9.21. The predicted molar refractivity (Wildman–Crippen MR) is 200 cm³/mol. The normalized spacial score (nSPS) is 21.3. The highest BCUT2D eigenvalue weighted by Crippen LogP contribution is 2.49. The Labute approximate surface area is 308 Å². The summed E-state index contributed by atoms with van der Waals surface area (Å²) in [4.78, 5) is 25.4. The van der Waals surface area contributed by atoms with Crippen LogP contribution in [0.2, 0.25) is 10.0 Å². The largest absolute Gasteiger partial charge is 0.496 e. The molecule has 1 amide bonds. The van der Waals surface area contributed by atoms with Crippen molar-refractivity contribution in [2.45, 2.75) is 56.7 Å². The number of ether oxygens (including phenoxy) is 2. The maximum Gasteiger partial charge on any atom is 0.309 e. The fourth-order valence-corrected chi connectivity index (χ4v) is 9.29. The maximum atomic E-state index is 11.7. The molecule has 0 unspecified atom stereocenters. The van der Waals surface area contributed by atoms with E-state index in [0.29, 0.717) is 29.6 Å². The monoisotopic (exact) mass is 725 g/mol. The van der Waals surface area contributed by atoms with Gasteiger partial charge in [-0.2, -0.15) is 0 Å². The number of likely N-dealkylation sites (tertiary alicyclic amines) is 1. The van der Waals surface area contributed by atoms with E-state index in [1.807, 2.05) is 36.4 Å². The minimum absolute atomic E-state index is 0.127. The number of aryl methyl sites for hydroxylation is 2. The molecule has 4 aromatic carbocycles. The Morgan fingerprint density at radius 2 is 1.39 bits per heavy atom. The summed E-state index contributed by atoms with van der Waals surface area (Å²) in [7, 11) is 3.40. The smallest absolute Gasteiger partial charge is 0.309 e. The minimum atomic E-state index is -0.728. The SMILES string of the molecule is COc1cc(-c2cccc(-c3cccc(-c4cc5c(c(OC)c4)[C@H](N4CC(C(=O)O)C4)CC5)c3Cl)c2Cl)cc2c1[C@@H](NC[C@@H]1CCC(=O)N1)CC2. The molecule has 10 heteroatoms. The van der Waals surface area contributed by atoms with Crippen molar-refractivity contribution in [3.8, 4) is 44.9 Å². The number of hydrogen-bond acceptors (Lipinski definition) is 6. The van der Waals surface area contributed by atoms with Crippen LogP contribution in [-0.4, -0.2) is 61.8 Å². The van der Waals surface area contributed by atoms with Gasteiger partial charge in [-0.25, -0.2) is 0 Å². The molecule has 0 saturated carbocycles. The third-order valence-corrected chi connectivity index (χ3v) is 12.1. The second-order valence-corrected chi connectivity index (χ2v) is 14.9. The molecule has 3 N–H and O–H groups in total. The number of nitrogens with one attached hydrogen (secondary N) is 2. The zero-order chi connectivity index (χ0) is 35.4. The number of rotatable bonds is 10. The maximum absolute atomic E-state index is 11.7. The number of carboxylic acids is 1. The van der Waals surface area contributed by atoms with Crippen LogP contribution in [0.3, 0.4) is 0 Å². The molecule has 2 aliphatic heterocycles. The first-order chi connectivity index (χ1) is 24.7. The van der Waals surface area contributed by atoms with E-state index in [1.54, 1.807) is 14.2 Å². The molecule has 264 valence electrons. The highest BCUT2D eigenvalue weighted by molar-refractivity contribution is 6.39. The summed E-state index contributed by atoms with van der Waals surface area (Å²) >= 11 is 14.5. The molecule has 51 heavy (non-hydrogen) atoms. The first-order valence-electron chi connectivity index (χ1n) is 17.7. The molecule has 2 heterocycles. The molecule has 2 saturated heterocycles. The van der Waals surface area contributed by atoms with E-state index in [4.69, 9.17) is 32.7 Å². The van der Waals surface area contributed by atoms with Crippen LogP contribution in [-0.2, 0) is 22.4 Å². The molecule has 2 fully saturated rings. The lowest BCUT2D eigenvalue weighted by molar-refractivity contribution is -0.148. The molecule has 4 aromatic rings. The van der Waals surface area contributed by atoms with Gasteiger partial charge in [0.05, 0.1) is 30.2 Å². The molecule has 3 atom stereocenters. The van der Waals surface area contributed by atoms with Gasteiger partial charge in [0.2, 0.25) is 5.91 Å². The third-order valence-electron chi connectivity index (χ3n) is 11.3. The topological polar surface area (TPSA) is 100 Å². The fourth-order valence-electron chi connectivity index (χ4n) is 8.62. The Morgan fingerprint density at radius 3 is 1.96 bits per heavy atom. The van der Waals surface area contributed by atoms with Gasteiger partial charge in [-0.15, -0.1) is 0 Å². The van der Waals surface area contributed by atoms with Gasteiger partial charge < -0.3 is 25.2 Å². The highest BCUT2D eigenvalue weighted by atomic mass is 35.5. The zero-order valence-corrected chi connectivity index (χ0v) is 30.2. The standard InChI is InChI=1S/C41H41Cl2N3O5/c1-50-34-17-24(15-22-9-12-32(37(22)34)44-19-27-11-14-36(47)45-27)28-5-3-7-30(39(28)42)31-8-4-6-29(40(31)43)25-16-23-10-13-33(38(23)35(18-25)51-2)46-20-26(21-46)41(48)49/h3-8,15-18,26-27,32-33,44H,9-14,19-21H2,1-2H3,(H,45,47)(H,48,49)/t27-,32-,33+/m0/s1. The first-order valence-corrected chi connectivity index (χ1v) is 18.5. The van der Waals surface area contributed by atoms with Crippen molar-refractivity contribution in [1.29, 1.82) is 0 Å². The number of carbonyl (C=O) groups excluding carboxylic acids is 1. The van der Waals surface area contributed by atoms with Gasteiger partial charge in [-0.05, 0) is 66.5 Å². The average molecular weight is 727 g/mol. The minimum Gasteiger partial charge on any atom is -0.496 e. The second kappa shape index (κ2) is 13.8. The van der Waals surface area contributed by atoms with Crippen molar-refractivity contribution in [2.75, 3.05) is 33.9 Å². The van der Waals surface area contributed by atoms with Crippen LogP contribution in [0, 0.1) is 5.92 Å². The zero-order valence-electron chi connectivity index (χ0n) is 28.7. The molecule has 0 bridgehead atoms. The quantitative estimate of drug-likeness (QED) is 0.153. The van der Waals surface area contributed by atoms with Gasteiger partial charge >= 0.3 is 5.97 Å². The molecular formula is C41H41Cl2N3O5. The average Bonchev–Trinajstić information content (AvgIpc) is 3.84. The molecule has 8 nitrogen and oxygen atoms in total. The van der Waals surface area contributed by atoms with Gasteiger partial charge in [0, 0.05) is 77.6 Å². The van der Waals surface area contributed by atoms with E-state index in [-0.39, 0.29) is 30.0 Å². The van der Waals surface area contributed by atoms with Crippen molar-refractivity contribution < 1.29 is 24.2 Å². The molecule has 8 rings (SSSR count). The van der Waals surface area contributed by atoms with Gasteiger partial charge in [0.15, 0.2) is 0 Å². The number of halogens is 2. The fraction of sp³-hybridized carbons (Fsp3) is 0.366. The van der Waals surface area contributed by atoms with Crippen LogP contribution >= 0.6 is 23.2 Å². The number of carboxylic acid groups (broad SMARTS) is 1. The van der Waals surface area contributed by atoms with Crippen LogP contribution in [0.15, 0.2) is 60.7 Å². The second-order valence-electron chi connectivity index (χ2n) is 14.2. The Morgan fingerprint density at radius 1 is 0.824 bits per heavy atom. The van der Waals surface area contributed by atoms with E-state index in [9.17, 15) is 14.7 Å². The number of nitrogens with zero attached hydrogens (tertiary/aromatic N) is 1. The van der Waals surface area contributed by atoms with Gasteiger partial charge in [-0.3, -0.25) is 14.5 Å². The summed E-state index contributed by atoms with van der Waals surface area (Å²) in [6.07, 6.45) is 5.17. The molecular weight excluding hydrogens is 685 g/mol. The molecule has 0 aromatic heterocycles. The van der Waals surface area contributed by atoms with E-state index < -0.39 is 5.97 Å². The summed E-state index contributed by atoms with van der Waals surface area (Å²) < 4.78 is 11.9. The Hall–Kier alpha value is -4.08. The summed E-state index contributed by atoms with van der Waals surface area (Å²) in [5.74, 6) is 0.733. The lowest BCUT2D eigenvalue weighted by atomic mass is 9.92. The number of methoxy groups -OCH3 is 2. The number of aliphatic carboxylic acids is 1. The number of benzene rings is 4. The summed E-state index contributed by atoms with van der Waals surface area (Å²) in [5, 5.41) is 17.4.